The van der Waals surface area contributed by atoms with Crippen molar-refractivity contribution in [1.29, 1.82) is 0 Å². The second kappa shape index (κ2) is 8.76. The summed E-state index contributed by atoms with van der Waals surface area (Å²) < 4.78 is 10.8. The van der Waals surface area contributed by atoms with Crippen LogP contribution in [0.1, 0.15) is 20.3 Å². The molecule has 0 aliphatic rings. The van der Waals surface area contributed by atoms with Crippen molar-refractivity contribution >= 4 is 17.2 Å². The standard InChI is InChI=1S/C15H24N2O2S/c1-12(2)17(9-8-15(16)20)10-11-19-14-6-4-13(18-3)5-7-14/h4-7,12H,8-11H2,1-3H3,(H2,16,20). The molecule has 0 radical (unpaired) electrons. The SMILES string of the molecule is COc1ccc(OCCN(CCC(N)=S)C(C)C)cc1. The minimum absolute atomic E-state index is 0.448. The molecule has 0 aliphatic carbocycles. The minimum Gasteiger partial charge on any atom is -0.497 e. The minimum atomic E-state index is 0.448. The Morgan fingerprint density at radius 2 is 1.80 bits per heavy atom. The maximum atomic E-state index is 5.73. The molecule has 0 amide bonds. The molecule has 1 aromatic carbocycles. The number of benzene rings is 1. The molecule has 0 aromatic heterocycles. The third kappa shape index (κ3) is 6.21. The summed E-state index contributed by atoms with van der Waals surface area (Å²) in [6.45, 7) is 6.69. The van der Waals surface area contributed by atoms with Gasteiger partial charge >= 0.3 is 0 Å². The molecule has 0 saturated heterocycles. The van der Waals surface area contributed by atoms with Crippen molar-refractivity contribution in [2.24, 2.45) is 5.73 Å². The average molecular weight is 296 g/mol. The maximum Gasteiger partial charge on any atom is 0.119 e. The van der Waals surface area contributed by atoms with Gasteiger partial charge < -0.3 is 15.2 Å². The Balaban J connectivity index is 2.37. The molecule has 0 saturated carbocycles. The lowest BCUT2D eigenvalue weighted by Crippen LogP contribution is -2.36. The van der Waals surface area contributed by atoms with Crippen LogP contribution in [-0.2, 0) is 0 Å². The number of hydrogen-bond acceptors (Lipinski definition) is 4. The molecule has 0 atom stereocenters. The van der Waals surface area contributed by atoms with Crippen LogP contribution in [0.15, 0.2) is 24.3 Å². The highest BCUT2D eigenvalue weighted by atomic mass is 32.1. The zero-order valence-electron chi connectivity index (χ0n) is 12.5. The van der Waals surface area contributed by atoms with Crippen molar-refractivity contribution in [3.63, 3.8) is 0 Å². The van der Waals surface area contributed by atoms with Gasteiger partial charge in [-0.15, -0.1) is 0 Å². The first-order valence-electron chi connectivity index (χ1n) is 6.82. The van der Waals surface area contributed by atoms with Gasteiger partial charge in [0.2, 0.25) is 0 Å². The van der Waals surface area contributed by atoms with Gasteiger partial charge in [0.25, 0.3) is 0 Å². The van der Waals surface area contributed by atoms with Gasteiger partial charge in [-0.1, -0.05) is 12.2 Å². The highest BCUT2D eigenvalue weighted by Gasteiger charge is 2.09. The van der Waals surface area contributed by atoms with Crippen LogP contribution < -0.4 is 15.2 Å². The monoisotopic (exact) mass is 296 g/mol. The fourth-order valence-electron chi connectivity index (χ4n) is 1.83. The van der Waals surface area contributed by atoms with Gasteiger partial charge in [0.1, 0.15) is 18.1 Å². The fraction of sp³-hybridized carbons (Fsp3) is 0.533. The smallest absolute Gasteiger partial charge is 0.119 e. The number of ether oxygens (including phenoxy) is 2. The van der Waals surface area contributed by atoms with Crippen LogP contribution in [0.5, 0.6) is 11.5 Å². The van der Waals surface area contributed by atoms with E-state index < -0.39 is 0 Å². The second-order valence-electron chi connectivity index (χ2n) is 4.87. The number of rotatable bonds is 9. The molecule has 20 heavy (non-hydrogen) atoms. The predicted octanol–water partition coefficient (Wildman–Crippen LogP) is 2.46. The summed E-state index contributed by atoms with van der Waals surface area (Å²) in [5, 5.41) is 0. The number of hydrogen-bond donors (Lipinski definition) is 1. The Hall–Kier alpha value is -1.33. The zero-order chi connectivity index (χ0) is 15.0. The summed E-state index contributed by atoms with van der Waals surface area (Å²) >= 11 is 4.92. The molecular formula is C15H24N2O2S. The van der Waals surface area contributed by atoms with E-state index in [-0.39, 0.29) is 0 Å². The summed E-state index contributed by atoms with van der Waals surface area (Å²) in [6, 6.07) is 8.05. The first-order chi connectivity index (χ1) is 9.52. The van der Waals surface area contributed by atoms with Crippen molar-refractivity contribution in [1.82, 2.24) is 4.90 Å². The van der Waals surface area contributed by atoms with E-state index in [9.17, 15) is 0 Å². The first kappa shape index (κ1) is 16.7. The van der Waals surface area contributed by atoms with Gasteiger partial charge in [0, 0.05) is 25.6 Å². The van der Waals surface area contributed by atoms with Gasteiger partial charge in [0.15, 0.2) is 0 Å². The van der Waals surface area contributed by atoms with Crippen molar-refractivity contribution in [3.8, 4) is 11.5 Å². The van der Waals surface area contributed by atoms with Crippen molar-refractivity contribution in [2.45, 2.75) is 26.3 Å². The normalized spacial score (nSPS) is 10.8. The molecule has 2 N–H and O–H groups in total. The molecule has 1 rings (SSSR count). The van der Waals surface area contributed by atoms with Gasteiger partial charge in [-0.2, -0.15) is 0 Å². The third-order valence-corrected chi connectivity index (χ3v) is 3.29. The van der Waals surface area contributed by atoms with Crippen LogP contribution >= 0.6 is 12.2 Å². The predicted molar refractivity (Wildman–Crippen MR) is 86.6 cm³/mol. The maximum absolute atomic E-state index is 5.73. The Morgan fingerprint density at radius 1 is 1.20 bits per heavy atom. The number of thiocarbonyl (C=S) groups is 1. The van der Waals surface area contributed by atoms with E-state index in [1.165, 1.54) is 0 Å². The van der Waals surface area contributed by atoms with Gasteiger partial charge in [-0.05, 0) is 38.1 Å². The van der Waals surface area contributed by atoms with Crippen molar-refractivity contribution < 1.29 is 9.47 Å². The van der Waals surface area contributed by atoms with E-state index in [1.807, 2.05) is 24.3 Å². The van der Waals surface area contributed by atoms with Gasteiger partial charge in [-0.25, -0.2) is 0 Å². The van der Waals surface area contributed by atoms with E-state index in [0.29, 0.717) is 17.6 Å². The Kier molecular flexibility index (Phi) is 7.33. The lowest BCUT2D eigenvalue weighted by atomic mass is 10.3. The number of nitrogens with zero attached hydrogens (tertiary/aromatic N) is 1. The molecular weight excluding hydrogens is 272 g/mol. The highest BCUT2D eigenvalue weighted by molar-refractivity contribution is 7.80. The molecule has 4 nitrogen and oxygen atoms in total. The largest absolute Gasteiger partial charge is 0.497 e. The van der Waals surface area contributed by atoms with Gasteiger partial charge in [-0.3, -0.25) is 4.90 Å². The quantitative estimate of drug-likeness (QED) is 0.709. The number of methoxy groups -OCH3 is 1. The summed E-state index contributed by atoms with van der Waals surface area (Å²) in [4.78, 5) is 2.87. The van der Waals surface area contributed by atoms with E-state index in [1.54, 1.807) is 7.11 Å². The highest BCUT2D eigenvalue weighted by Crippen LogP contribution is 2.16. The van der Waals surface area contributed by atoms with Gasteiger partial charge in [0.05, 0.1) is 12.1 Å². The lowest BCUT2D eigenvalue weighted by molar-refractivity contribution is 0.180. The molecule has 0 bridgehead atoms. The molecule has 0 unspecified atom stereocenters. The summed E-state index contributed by atoms with van der Waals surface area (Å²) in [6.07, 6.45) is 0.746. The molecule has 0 spiro atoms. The van der Waals surface area contributed by atoms with E-state index in [2.05, 4.69) is 18.7 Å². The topological polar surface area (TPSA) is 47.7 Å². The van der Waals surface area contributed by atoms with E-state index in [0.717, 1.165) is 31.0 Å². The van der Waals surface area contributed by atoms with Crippen LogP contribution in [0, 0.1) is 0 Å². The van der Waals surface area contributed by atoms with Crippen LogP contribution in [0.4, 0.5) is 0 Å². The summed E-state index contributed by atoms with van der Waals surface area (Å²) in [5.41, 5.74) is 5.55. The van der Waals surface area contributed by atoms with E-state index in [4.69, 9.17) is 27.4 Å². The lowest BCUT2D eigenvalue weighted by Gasteiger charge is -2.26. The van der Waals surface area contributed by atoms with Crippen LogP contribution in [0.3, 0.4) is 0 Å². The number of nitrogens with two attached hydrogens (primary N) is 1. The van der Waals surface area contributed by atoms with Crippen molar-refractivity contribution in [2.75, 3.05) is 26.8 Å². The summed E-state index contributed by atoms with van der Waals surface area (Å²) in [7, 11) is 1.65. The molecule has 0 heterocycles. The average Bonchev–Trinajstić information content (AvgIpc) is 2.42. The fourth-order valence-corrected chi connectivity index (χ4v) is 1.93. The van der Waals surface area contributed by atoms with Crippen LogP contribution in [0.25, 0.3) is 0 Å². The summed E-state index contributed by atoms with van der Waals surface area (Å²) in [5.74, 6) is 1.68. The zero-order valence-corrected chi connectivity index (χ0v) is 13.3. The second-order valence-corrected chi connectivity index (χ2v) is 5.39. The third-order valence-electron chi connectivity index (χ3n) is 3.08. The molecule has 1 aromatic rings. The van der Waals surface area contributed by atoms with Crippen LogP contribution in [0.2, 0.25) is 0 Å². The Morgan fingerprint density at radius 3 is 2.30 bits per heavy atom. The molecule has 5 heteroatoms. The molecule has 112 valence electrons. The first-order valence-corrected chi connectivity index (χ1v) is 7.23. The molecule has 0 fully saturated rings. The Labute approximate surface area is 126 Å². The van der Waals surface area contributed by atoms with Crippen molar-refractivity contribution in [3.05, 3.63) is 24.3 Å². The van der Waals surface area contributed by atoms with Crippen LogP contribution in [-0.4, -0.2) is 42.7 Å². The van der Waals surface area contributed by atoms with E-state index >= 15 is 0 Å². The Bertz CT molecular complexity index is 407. The molecule has 0 aliphatic heterocycles.